The van der Waals surface area contributed by atoms with Gasteiger partial charge in [-0.2, -0.15) is 0 Å². The Balaban J connectivity index is 2.09. The molecule has 0 aliphatic heterocycles. The van der Waals surface area contributed by atoms with Crippen molar-refractivity contribution >= 4 is 11.6 Å². The first-order chi connectivity index (χ1) is 10.2. The number of hydrogen-bond donors (Lipinski definition) is 2. The van der Waals surface area contributed by atoms with Gasteiger partial charge in [-0.25, -0.2) is 0 Å². The van der Waals surface area contributed by atoms with Crippen molar-refractivity contribution in [1.29, 1.82) is 0 Å². The highest BCUT2D eigenvalue weighted by molar-refractivity contribution is 5.95. The maximum absolute atomic E-state index is 12.3. The average molecular weight is 284 g/mol. The first-order valence-electron chi connectivity index (χ1n) is 6.99. The van der Waals surface area contributed by atoms with Gasteiger partial charge in [-0.3, -0.25) is 4.79 Å². The van der Waals surface area contributed by atoms with Crippen LogP contribution in [-0.2, 0) is 16.1 Å². The molecular weight excluding hydrogens is 264 g/mol. The van der Waals surface area contributed by atoms with E-state index in [1.165, 1.54) is 0 Å². The van der Waals surface area contributed by atoms with Crippen LogP contribution in [0.3, 0.4) is 0 Å². The van der Waals surface area contributed by atoms with Crippen molar-refractivity contribution in [3.63, 3.8) is 0 Å². The number of carbonyl (C=O) groups excluding carboxylic acids is 1. The number of para-hydroxylation sites is 1. The lowest BCUT2D eigenvalue weighted by Gasteiger charge is -2.15. The molecule has 0 spiro atoms. The molecule has 1 amide bonds. The lowest BCUT2D eigenvalue weighted by molar-refractivity contribution is -0.117. The van der Waals surface area contributed by atoms with E-state index in [1.807, 2.05) is 61.5 Å². The monoisotopic (exact) mass is 284 g/mol. The fourth-order valence-corrected chi connectivity index (χ4v) is 2.00. The first-order valence-corrected chi connectivity index (χ1v) is 6.99. The average Bonchev–Trinajstić information content (AvgIpc) is 2.54. The second-order valence-electron chi connectivity index (χ2n) is 4.67. The fraction of sp³-hybridized carbons (Fsp3) is 0.235. The van der Waals surface area contributed by atoms with E-state index in [2.05, 4.69) is 5.32 Å². The lowest BCUT2D eigenvalue weighted by atomic mass is 10.1. The molecule has 0 aromatic heterocycles. The maximum atomic E-state index is 12.3. The van der Waals surface area contributed by atoms with Gasteiger partial charge in [0.25, 0.3) is 0 Å². The second-order valence-corrected chi connectivity index (χ2v) is 4.67. The van der Waals surface area contributed by atoms with Gasteiger partial charge in [0.15, 0.2) is 0 Å². The van der Waals surface area contributed by atoms with Crippen molar-refractivity contribution in [3.8, 4) is 0 Å². The molecule has 4 heteroatoms. The molecular formula is C17H20N2O2. The highest BCUT2D eigenvalue weighted by atomic mass is 16.5. The van der Waals surface area contributed by atoms with Gasteiger partial charge in [-0.05, 0) is 18.6 Å². The highest BCUT2D eigenvalue weighted by Crippen LogP contribution is 2.18. The number of anilines is 1. The van der Waals surface area contributed by atoms with Gasteiger partial charge in [-0.15, -0.1) is 0 Å². The van der Waals surface area contributed by atoms with Crippen molar-refractivity contribution in [2.75, 3.05) is 11.9 Å². The summed E-state index contributed by atoms with van der Waals surface area (Å²) in [5.74, 6) is -0.231. The SMILES string of the molecule is CCOCc1ccccc1NC(=O)[C@H](N)c1ccccc1. The van der Waals surface area contributed by atoms with E-state index in [0.29, 0.717) is 13.2 Å². The predicted octanol–water partition coefficient (Wildman–Crippen LogP) is 2.86. The van der Waals surface area contributed by atoms with Crippen molar-refractivity contribution in [2.45, 2.75) is 19.6 Å². The van der Waals surface area contributed by atoms with E-state index >= 15 is 0 Å². The Hall–Kier alpha value is -2.17. The number of hydrogen-bond acceptors (Lipinski definition) is 3. The molecule has 3 N–H and O–H groups in total. The van der Waals surface area contributed by atoms with Crippen molar-refractivity contribution < 1.29 is 9.53 Å². The van der Waals surface area contributed by atoms with Gasteiger partial charge in [0.05, 0.1) is 6.61 Å². The van der Waals surface area contributed by atoms with Crippen molar-refractivity contribution in [2.24, 2.45) is 5.73 Å². The molecule has 0 saturated heterocycles. The van der Waals surface area contributed by atoms with E-state index in [0.717, 1.165) is 16.8 Å². The van der Waals surface area contributed by atoms with Crippen LogP contribution in [-0.4, -0.2) is 12.5 Å². The first kappa shape index (κ1) is 15.2. The molecule has 21 heavy (non-hydrogen) atoms. The minimum absolute atomic E-state index is 0.231. The molecule has 0 heterocycles. The van der Waals surface area contributed by atoms with E-state index < -0.39 is 6.04 Å². The summed E-state index contributed by atoms with van der Waals surface area (Å²) in [5.41, 5.74) is 8.46. The summed E-state index contributed by atoms with van der Waals surface area (Å²) in [5, 5.41) is 2.87. The summed E-state index contributed by atoms with van der Waals surface area (Å²) in [4.78, 5) is 12.3. The molecule has 2 rings (SSSR count). The molecule has 0 saturated carbocycles. The van der Waals surface area contributed by atoms with Crippen LogP contribution in [0.2, 0.25) is 0 Å². The third-order valence-corrected chi connectivity index (χ3v) is 3.18. The Kier molecular flexibility index (Phi) is 5.49. The van der Waals surface area contributed by atoms with Crippen LogP contribution < -0.4 is 11.1 Å². The highest BCUT2D eigenvalue weighted by Gasteiger charge is 2.16. The summed E-state index contributed by atoms with van der Waals surface area (Å²) in [7, 11) is 0. The molecule has 0 radical (unpaired) electrons. The third-order valence-electron chi connectivity index (χ3n) is 3.18. The molecule has 0 fully saturated rings. The Morgan fingerprint density at radius 3 is 2.52 bits per heavy atom. The van der Waals surface area contributed by atoms with Crippen LogP contribution in [0.1, 0.15) is 24.1 Å². The van der Waals surface area contributed by atoms with Crippen molar-refractivity contribution in [3.05, 3.63) is 65.7 Å². The number of nitrogens with one attached hydrogen (secondary N) is 1. The normalized spacial score (nSPS) is 11.9. The lowest BCUT2D eigenvalue weighted by Crippen LogP contribution is -2.28. The van der Waals surface area contributed by atoms with Crippen LogP contribution in [0.25, 0.3) is 0 Å². The fourth-order valence-electron chi connectivity index (χ4n) is 2.00. The largest absolute Gasteiger partial charge is 0.377 e. The Bertz CT molecular complexity index is 584. The number of rotatable bonds is 6. The molecule has 2 aromatic carbocycles. The Labute approximate surface area is 124 Å². The van der Waals surface area contributed by atoms with Crippen molar-refractivity contribution in [1.82, 2.24) is 0 Å². The van der Waals surface area contributed by atoms with Crippen LogP contribution >= 0.6 is 0 Å². The summed E-state index contributed by atoms with van der Waals surface area (Å²) in [6.07, 6.45) is 0. The second kappa shape index (κ2) is 7.57. The summed E-state index contributed by atoms with van der Waals surface area (Å²) in [6.45, 7) is 3.03. The quantitative estimate of drug-likeness (QED) is 0.857. The zero-order valence-electron chi connectivity index (χ0n) is 12.1. The van der Waals surface area contributed by atoms with Crippen LogP contribution in [0.15, 0.2) is 54.6 Å². The van der Waals surface area contributed by atoms with Crippen LogP contribution in [0, 0.1) is 0 Å². The third kappa shape index (κ3) is 4.15. The van der Waals surface area contributed by atoms with E-state index in [4.69, 9.17) is 10.5 Å². The molecule has 0 bridgehead atoms. The Morgan fingerprint density at radius 2 is 1.81 bits per heavy atom. The van der Waals surface area contributed by atoms with Gasteiger partial charge in [0.1, 0.15) is 6.04 Å². The molecule has 110 valence electrons. The predicted molar refractivity (Wildman–Crippen MR) is 83.8 cm³/mol. The number of amides is 1. The standard InChI is InChI=1S/C17H20N2O2/c1-2-21-12-14-10-6-7-11-15(14)19-17(20)16(18)13-8-4-3-5-9-13/h3-11,16H,2,12,18H2,1H3,(H,19,20)/t16-/m1/s1. The zero-order valence-corrected chi connectivity index (χ0v) is 12.1. The minimum atomic E-state index is -0.689. The zero-order chi connectivity index (χ0) is 15.1. The maximum Gasteiger partial charge on any atom is 0.245 e. The van der Waals surface area contributed by atoms with Gasteiger partial charge < -0.3 is 15.8 Å². The number of benzene rings is 2. The minimum Gasteiger partial charge on any atom is -0.377 e. The van der Waals surface area contributed by atoms with Crippen LogP contribution in [0.5, 0.6) is 0 Å². The summed E-state index contributed by atoms with van der Waals surface area (Å²) in [6, 6.07) is 16.2. The van der Waals surface area contributed by atoms with Gasteiger partial charge in [0.2, 0.25) is 5.91 Å². The van der Waals surface area contributed by atoms with Gasteiger partial charge in [-0.1, -0.05) is 48.5 Å². The Morgan fingerprint density at radius 1 is 1.14 bits per heavy atom. The molecule has 0 unspecified atom stereocenters. The van der Waals surface area contributed by atoms with Crippen LogP contribution in [0.4, 0.5) is 5.69 Å². The van der Waals surface area contributed by atoms with Gasteiger partial charge >= 0.3 is 0 Å². The smallest absolute Gasteiger partial charge is 0.245 e. The number of nitrogens with two attached hydrogens (primary N) is 1. The molecule has 0 aliphatic carbocycles. The topological polar surface area (TPSA) is 64.3 Å². The van der Waals surface area contributed by atoms with Gasteiger partial charge in [0, 0.05) is 17.9 Å². The van der Waals surface area contributed by atoms with E-state index in [9.17, 15) is 4.79 Å². The van der Waals surface area contributed by atoms with E-state index in [1.54, 1.807) is 0 Å². The molecule has 2 aromatic rings. The molecule has 0 aliphatic rings. The number of ether oxygens (including phenoxy) is 1. The molecule has 1 atom stereocenters. The summed E-state index contributed by atoms with van der Waals surface area (Å²) >= 11 is 0. The molecule has 4 nitrogen and oxygen atoms in total. The summed E-state index contributed by atoms with van der Waals surface area (Å²) < 4.78 is 5.40. The number of carbonyl (C=O) groups is 1. The van der Waals surface area contributed by atoms with E-state index in [-0.39, 0.29) is 5.91 Å².